The quantitative estimate of drug-likeness (QED) is 0.588. The van der Waals surface area contributed by atoms with Gasteiger partial charge >= 0.3 is 0 Å². The number of hydrogen-bond acceptors (Lipinski definition) is 4. The highest BCUT2D eigenvalue weighted by molar-refractivity contribution is 5.92. The Labute approximate surface area is 183 Å². The molecule has 0 bridgehead atoms. The summed E-state index contributed by atoms with van der Waals surface area (Å²) >= 11 is 0. The van der Waals surface area contributed by atoms with Crippen LogP contribution in [0, 0.1) is 0 Å². The van der Waals surface area contributed by atoms with E-state index in [-0.39, 0.29) is 36.1 Å². The van der Waals surface area contributed by atoms with Crippen molar-refractivity contribution in [1.29, 1.82) is 0 Å². The molecule has 0 unspecified atom stereocenters. The van der Waals surface area contributed by atoms with Gasteiger partial charge in [-0.05, 0) is 38.8 Å². The second-order valence-corrected chi connectivity index (χ2v) is 8.07. The van der Waals surface area contributed by atoms with Crippen LogP contribution < -0.4 is 5.32 Å². The van der Waals surface area contributed by atoms with Gasteiger partial charge in [0.2, 0.25) is 11.8 Å². The minimum absolute atomic E-state index is 0.00102. The summed E-state index contributed by atoms with van der Waals surface area (Å²) in [7, 11) is 0. The number of nitrogens with one attached hydrogen (secondary N) is 1. The molecule has 0 aliphatic rings. The third-order valence-corrected chi connectivity index (χ3v) is 4.93. The van der Waals surface area contributed by atoms with E-state index in [2.05, 4.69) is 10.3 Å². The van der Waals surface area contributed by atoms with Crippen LogP contribution in [0.2, 0.25) is 0 Å². The highest BCUT2D eigenvalue weighted by atomic mass is 16.3. The predicted octanol–water partition coefficient (Wildman–Crippen LogP) is 4.38. The van der Waals surface area contributed by atoms with Crippen molar-refractivity contribution in [2.75, 3.05) is 0 Å². The Morgan fingerprint density at radius 1 is 0.935 bits per heavy atom. The van der Waals surface area contributed by atoms with Gasteiger partial charge in [-0.3, -0.25) is 9.59 Å². The van der Waals surface area contributed by atoms with Crippen LogP contribution in [0.3, 0.4) is 0 Å². The Bertz CT molecular complexity index is 958. The molecule has 1 aromatic heterocycles. The van der Waals surface area contributed by atoms with Crippen LogP contribution in [-0.4, -0.2) is 33.8 Å². The van der Waals surface area contributed by atoms with E-state index in [1.54, 1.807) is 4.90 Å². The summed E-state index contributed by atoms with van der Waals surface area (Å²) in [6, 6.07) is 19.4. The molecular formula is C25H29N3O3. The summed E-state index contributed by atoms with van der Waals surface area (Å²) in [6.07, 6.45) is 1.34. The van der Waals surface area contributed by atoms with E-state index in [1.807, 2.05) is 88.4 Å². The maximum absolute atomic E-state index is 13.8. The number of rotatable bonds is 8. The van der Waals surface area contributed by atoms with Gasteiger partial charge < -0.3 is 14.6 Å². The van der Waals surface area contributed by atoms with Gasteiger partial charge in [-0.15, -0.1) is 0 Å². The number of carbonyl (C=O) groups is 2. The van der Waals surface area contributed by atoms with Gasteiger partial charge in [0.15, 0.2) is 5.69 Å². The molecule has 0 atom stereocenters. The Kier molecular flexibility index (Phi) is 7.23. The van der Waals surface area contributed by atoms with Crippen molar-refractivity contribution < 1.29 is 14.0 Å². The van der Waals surface area contributed by atoms with Crippen LogP contribution in [0.25, 0.3) is 0 Å². The van der Waals surface area contributed by atoms with Crippen molar-refractivity contribution in [3.8, 4) is 0 Å². The van der Waals surface area contributed by atoms with Crippen molar-refractivity contribution >= 4 is 11.8 Å². The van der Waals surface area contributed by atoms with Gasteiger partial charge in [0, 0.05) is 12.1 Å². The summed E-state index contributed by atoms with van der Waals surface area (Å²) in [4.78, 5) is 32.0. The van der Waals surface area contributed by atoms with Crippen LogP contribution in [0.1, 0.15) is 61.1 Å². The molecule has 31 heavy (non-hydrogen) atoms. The summed E-state index contributed by atoms with van der Waals surface area (Å²) in [5.41, 5.74) is 2.06. The molecule has 1 heterocycles. The maximum atomic E-state index is 13.8. The first-order valence-electron chi connectivity index (χ1n) is 10.5. The molecule has 0 fully saturated rings. The molecule has 6 nitrogen and oxygen atoms in total. The van der Waals surface area contributed by atoms with Crippen LogP contribution in [0.15, 0.2) is 71.3 Å². The average molecular weight is 420 g/mol. The molecule has 0 aliphatic heterocycles. The van der Waals surface area contributed by atoms with Crippen LogP contribution in [0.4, 0.5) is 0 Å². The molecule has 2 aromatic carbocycles. The SMILES string of the molecule is CC(C)NC(=O)c1coc(CN(C(=O)C(c2ccccc2)c2ccccc2)C(C)C)n1. The highest BCUT2D eigenvalue weighted by Crippen LogP contribution is 2.28. The van der Waals surface area contributed by atoms with E-state index in [0.29, 0.717) is 5.89 Å². The number of nitrogens with zero attached hydrogens (tertiary/aromatic N) is 2. The van der Waals surface area contributed by atoms with E-state index < -0.39 is 5.92 Å². The summed E-state index contributed by atoms with van der Waals surface area (Å²) in [5.74, 6) is -0.447. The van der Waals surface area contributed by atoms with Crippen molar-refractivity contribution in [3.63, 3.8) is 0 Å². The smallest absolute Gasteiger partial charge is 0.273 e. The predicted molar refractivity (Wildman–Crippen MR) is 120 cm³/mol. The zero-order chi connectivity index (χ0) is 22.4. The normalized spacial score (nSPS) is 11.2. The Morgan fingerprint density at radius 2 is 1.48 bits per heavy atom. The lowest BCUT2D eigenvalue weighted by Gasteiger charge is -2.30. The molecule has 0 aliphatic carbocycles. The third kappa shape index (κ3) is 5.60. The first-order valence-corrected chi connectivity index (χ1v) is 10.5. The zero-order valence-electron chi connectivity index (χ0n) is 18.4. The second kappa shape index (κ2) is 10.1. The Balaban J connectivity index is 1.88. The Hall–Kier alpha value is -3.41. The van der Waals surface area contributed by atoms with Crippen molar-refractivity contribution in [3.05, 3.63) is 89.6 Å². The van der Waals surface area contributed by atoms with Crippen molar-refractivity contribution in [1.82, 2.24) is 15.2 Å². The topological polar surface area (TPSA) is 75.4 Å². The average Bonchev–Trinajstić information content (AvgIpc) is 3.22. The van der Waals surface area contributed by atoms with E-state index in [4.69, 9.17) is 4.42 Å². The summed E-state index contributed by atoms with van der Waals surface area (Å²) in [5, 5.41) is 2.79. The van der Waals surface area contributed by atoms with Crippen molar-refractivity contribution in [2.45, 2.75) is 52.2 Å². The van der Waals surface area contributed by atoms with Crippen LogP contribution in [0.5, 0.6) is 0 Å². The summed E-state index contributed by atoms with van der Waals surface area (Å²) in [6.45, 7) is 7.86. The van der Waals surface area contributed by atoms with Gasteiger partial charge in [0.25, 0.3) is 5.91 Å². The van der Waals surface area contributed by atoms with Crippen molar-refractivity contribution in [2.24, 2.45) is 0 Å². The third-order valence-electron chi connectivity index (χ3n) is 4.93. The molecule has 0 radical (unpaired) electrons. The Morgan fingerprint density at radius 3 is 1.97 bits per heavy atom. The lowest BCUT2D eigenvalue weighted by Crippen LogP contribution is -2.40. The lowest BCUT2D eigenvalue weighted by molar-refractivity contribution is -0.134. The fraction of sp³-hybridized carbons (Fsp3) is 0.320. The first kappa shape index (κ1) is 22.3. The minimum Gasteiger partial charge on any atom is -0.446 e. The van der Waals surface area contributed by atoms with E-state index in [0.717, 1.165) is 11.1 Å². The van der Waals surface area contributed by atoms with Gasteiger partial charge in [-0.1, -0.05) is 60.7 Å². The van der Waals surface area contributed by atoms with Crippen LogP contribution in [-0.2, 0) is 11.3 Å². The van der Waals surface area contributed by atoms with E-state index in [1.165, 1.54) is 6.26 Å². The molecule has 162 valence electrons. The van der Waals surface area contributed by atoms with Gasteiger partial charge in [0.1, 0.15) is 6.26 Å². The van der Waals surface area contributed by atoms with Gasteiger partial charge in [-0.25, -0.2) is 4.98 Å². The lowest BCUT2D eigenvalue weighted by atomic mass is 9.89. The molecule has 1 N–H and O–H groups in total. The van der Waals surface area contributed by atoms with E-state index in [9.17, 15) is 9.59 Å². The van der Waals surface area contributed by atoms with E-state index >= 15 is 0 Å². The van der Waals surface area contributed by atoms with Gasteiger partial charge in [0.05, 0.1) is 12.5 Å². The molecule has 3 aromatic rings. The second-order valence-electron chi connectivity index (χ2n) is 8.07. The fourth-order valence-corrected chi connectivity index (χ4v) is 3.42. The summed E-state index contributed by atoms with van der Waals surface area (Å²) < 4.78 is 5.52. The number of carbonyl (C=O) groups excluding carboxylic acids is 2. The fourth-order valence-electron chi connectivity index (χ4n) is 3.42. The molecule has 2 amide bonds. The molecule has 0 saturated carbocycles. The monoisotopic (exact) mass is 419 g/mol. The van der Waals surface area contributed by atoms with Crippen LogP contribution >= 0.6 is 0 Å². The molecule has 6 heteroatoms. The standard InChI is InChI=1S/C25H29N3O3/c1-17(2)26-24(29)21-16-31-22(27-21)15-28(18(3)4)25(30)23(19-11-7-5-8-12-19)20-13-9-6-10-14-20/h5-14,16-18,23H,15H2,1-4H3,(H,26,29). The molecular weight excluding hydrogens is 390 g/mol. The highest BCUT2D eigenvalue weighted by Gasteiger charge is 2.30. The number of amides is 2. The number of aromatic nitrogens is 1. The molecule has 3 rings (SSSR count). The maximum Gasteiger partial charge on any atom is 0.273 e. The zero-order valence-corrected chi connectivity index (χ0v) is 18.4. The first-order chi connectivity index (χ1) is 14.9. The minimum atomic E-state index is -0.441. The number of oxazole rings is 1. The number of benzene rings is 2. The molecule has 0 spiro atoms. The largest absolute Gasteiger partial charge is 0.446 e. The van der Waals surface area contributed by atoms with Gasteiger partial charge in [-0.2, -0.15) is 0 Å². The number of hydrogen-bond donors (Lipinski definition) is 1. The molecule has 0 saturated heterocycles.